The predicted octanol–water partition coefficient (Wildman–Crippen LogP) is 6.26. The van der Waals surface area contributed by atoms with Crippen LogP contribution in [0.5, 0.6) is 0 Å². The van der Waals surface area contributed by atoms with E-state index in [1.807, 2.05) is 0 Å². The molecule has 4 aromatic carbocycles. The molecule has 5 rings (SSSR count). The van der Waals surface area contributed by atoms with Gasteiger partial charge in [0.15, 0.2) is 0 Å². The van der Waals surface area contributed by atoms with Crippen LogP contribution in [0.2, 0.25) is 0 Å². The summed E-state index contributed by atoms with van der Waals surface area (Å²) in [6.45, 7) is 7.09. The molecule has 0 unspecified atom stereocenters. The van der Waals surface area contributed by atoms with Crippen LogP contribution in [-0.2, 0) is 0 Å². The van der Waals surface area contributed by atoms with Crippen molar-refractivity contribution < 1.29 is 4.48 Å². The molecule has 1 fully saturated rings. The van der Waals surface area contributed by atoms with Crippen LogP contribution >= 0.6 is 0 Å². The molecule has 0 saturated heterocycles. The maximum absolute atomic E-state index is 2.40. The van der Waals surface area contributed by atoms with Crippen LogP contribution in [0.3, 0.4) is 0 Å². The van der Waals surface area contributed by atoms with Gasteiger partial charge >= 0.3 is 0 Å². The molecule has 1 aliphatic carbocycles. The summed E-state index contributed by atoms with van der Waals surface area (Å²) in [7, 11) is 4.80. The lowest BCUT2D eigenvalue weighted by atomic mass is 9.13. The van der Waals surface area contributed by atoms with E-state index in [1.165, 1.54) is 58.4 Å². The first kappa shape index (κ1) is 27.9. The summed E-state index contributed by atoms with van der Waals surface area (Å²) in [6, 6.07) is 44.4. The molecule has 0 spiro atoms. The Morgan fingerprint density at radius 2 is 0.789 bits per heavy atom. The monoisotopic (exact) mass is 503 g/mol. The van der Waals surface area contributed by atoms with Gasteiger partial charge in [0.2, 0.25) is 0 Å². The molecule has 0 heterocycles. The molecule has 1 saturated carbocycles. The summed E-state index contributed by atoms with van der Waals surface area (Å²) < 4.78 is 1.19. The molecular weight excluding hydrogens is 457 g/mol. The van der Waals surface area contributed by atoms with Gasteiger partial charge in [-0.2, -0.15) is 21.9 Å². The summed E-state index contributed by atoms with van der Waals surface area (Å²) in [5.41, 5.74) is 5.75. The highest BCUT2D eigenvalue weighted by Gasteiger charge is 2.39. The maximum Gasteiger partial charge on any atom is 0.108 e. The molecule has 0 radical (unpaired) electrons. The quantitative estimate of drug-likeness (QED) is 0.223. The number of quaternary nitrogens is 1. The Morgan fingerprint density at radius 3 is 1.05 bits per heavy atom. The van der Waals surface area contributed by atoms with Crippen molar-refractivity contribution in [3.8, 4) is 0 Å². The van der Waals surface area contributed by atoms with Crippen LogP contribution in [0.4, 0.5) is 0 Å². The van der Waals surface area contributed by atoms with E-state index in [4.69, 9.17) is 0 Å². The van der Waals surface area contributed by atoms with E-state index in [9.17, 15) is 0 Å². The fourth-order valence-corrected chi connectivity index (χ4v) is 6.40. The second-order valence-corrected chi connectivity index (χ2v) is 12.5. The Labute approximate surface area is 232 Å². The molecule has 38 heavy (non-hydrogen) atoms. The minimum Gasteiger partial charge on any atom is -0.322 e. The molecule has 4 aromatic rings. The van der Waals surface area contributed by atoms with Crippen LogP contribution < -0.4 is 21.9 Å². The van der Waals surface area contributed by atoms with E-state index in [0.29, 0.717) is 5.54 Å². The normalized spacial score (nSPS) is 14.9. The average Bonchev–Trinajstić information content (AvgIpc) is 2.96. The highest BCUT2D eigenvalue weighted by atomic mass is 15.4. The fraction of sp³-hybridized carbons (Fsp3) is 0.333. The van der Waals surface area contributed by atoms with Gasteiger partial charge in [0, 0.05) is 0 Å². The van der Waals surface area contributed by atoms with Gasteiger partial charge in [-0.25, -0.2) is 0 Å². The zero-order valence-electron chi connectivity index (χ0n) is 24.2. The Morgan fingerprint density at radius 1 is 0.500 bits per heavy atom. The average molecular weight is 504 g/mol. The van der Waals surface area contributed by atoms with Crippen LogP contribution in [0, 0.1) is 0 Å². The highest BCUT2D eigenvalue weighted by molar-refractivity contribution is 7.19. The zero-order valence-corrected chi connectivity index (χ0v) is 24.2. The van der Waals surface area contributed by atoms with Crippen LogP contribution in [-0.4, -0.2) is 36.3 Å². The number of rotatable bonds is 5. The molecule has 0 bridgehead atoms. The zero-order chi connectivity index (χ0) is 27.1. The smallest absolute Gasteiger partial charge is 0.108 e. The fourth-order valence-electron chi connectivity index (χ4n) is 6.40. The van der Waals surface area contributed by atoms with Crippen molar-refractivity contribution in [3.05, 3.63) is 121 Å². The van der Waals surface area contributed by atoms with Crippen molar-refractivity contribution in [3.63, 3.8) is 0 Å². The van der Waals surface area contributed by atoms with E-state index < -0.39 is 6.15 Å². The van der Waals surface area contributed by atoms with Gasteiger partial charge < -0.3 is 4.48 Å². The molecule has 0 aromatic heterocycles. The van der Waals surface area contributed by atoms with Crippen LogP contribution in [0.1, 0.15) is 52.9 Å². The third-order valence-corrected chi connectivity index (χ3v) is 9.41. The minimum atomic E-state index is -1.22. The topological polar surface area (TPSA) is 0 Å². The van der Waals surface area contributed by atoms with E-state index in [0.717, 1.165) is 6.04 Å². The highest BCUT2D eigenvalue weighted by Crippen LogP contribution is 2.32. The third kappa shape index (κ3) is 5.81. The molecular formula is C36H46BN. The van der Waals surface area contributed by atoms with Gasteiger partial charge in [-0.1, -0.05) is 128 Å². The lowest BCUT2D eigenvalue weighted by Gasteiger charge is -2.49. The van der Waals surface area contributed by atoms with Crippen LogP contribution in [0.25, 0.3) is 0 Å². The van der Waals surface area contributed by atoms with E-state index in [2.05, 4.69) is 156 Å². The van der Waals surface area contributed by atoms with Crippen LogP contribution in [0.15, 0.2) is 121 Å². The van der Waals surface area contributed by atoms with Crippen molar-refractivity contribution in [1.82, 2.24) is 0 Å². The van der Waals surface area contributed by atoms with Crippen molar-refractivity contribution in [1.29, 1.82) is 0 Å². The lowest BCUT2D eigenvalue weighted by molar-refractivity contribution is -0.959. The molecule has 1 aliphatic rings. The number of hydrogen-bond donors (Lipinski definition) is 0. The number of hydrogen-bond acceptors (Lipinski definition) is 0. The standard InChI is InChI=1S/C24H20B.C12H26N/c1-5-13-21(14-6-1)25(22-15-7-2-8-16-22,23-17-9-3-10-18-23)24-19-11-4-12-20-24;1-12(2,3)13(4,5)11-9-7-6-8-10-11/h1-20H;11H,6-10H2,1-5H3/q-1;+1. The van der Waals surface area contributed by atoms with E-state index in [1.54, 1.807) is 0 Å². The van der Waals surface area contributed by atoms with Gasteiger partial charge in [0.05, 0.1) is 25.7 Å². The molecule has 0 atom stereocenters. The molecule has 0 aliphatic heterocycles. The van der Waals surface area contributed by atoms with E-state index >= 15 is 0 Å². The molecule has 2 heteroatoms. The van der Waals surface area contributed by atoms with E-state index in [-0.39, 0.29) is 0 Å². The summed E-state index contributed by atoms with van der Waals surface area (Å²) in [5.74, 6) is 0. The maximum atomic E-state index is 2.40. The summed E-state index contributed by atoms with van der Waals surface area (Å²) in [4.78, 5) is 0. The SMILES string of the molecule is CC(C)(C)[N+](C)(C)C1CCCCC1.c1ccc([B-](c2ccccc2)(c2ccccc2)c2ccccc2)cc1. The number of nitrogens with zero attached hydrogens (tertiary/aromatic N) is 1. The third-order valence-electron chi connectivity index (χ3n) is 9.41. The summed E-state index contributed by atoms with van der Waals surface area (Å²) in [6.07, 6.45) is 6.01. The van der Waals surface area contributed by atoms with Gasteiger partial charge in [0.25, 0.3) is 0 Å². The first-order chi connectivity index (χ1) is 18.3. The van der Waals surface area contributed by atoms with Crippen molar-refractivity contribution in [2.24, 2.45) is 0 Å². The van der Waals surface area contributed by atoms with Gasteiger partial charge in [-0.3, -0.25) is 0 Å². The minimum absolute atomic E-state index is 0.391. The number of benzene rings is 4. The second-order valence-electron chi connectivity index (χ2n) is 12.5. The second kappa shape index (κ2) is 12.2. The molecule has 1 nitrogen and oxygen atoms in total. The Bertz CT molecular complexity index is 1060. The summed E-state index contributed by atoms with van der Waals surface area (Å²) in [5, 5.41) is 0. The van der Waals surface area contributed by atoms with Gasteiger partial charge in [-0.15, -0.1) is 0 Å². The first-order valence-electron chi connectivity index (χ1n) is 14.5. The van der Waals surface area contributed by atoms with Crippen molar-refractivity contribution >= 4 is 28.0 Å². The summed E-state index contributed by atoms with van der Waals surface area (Å²) >= 11 is 0. The van der Waals surface area contributed by atoms with Crippen molar-refractivity contribution in [2.75, 3.05) is 14.1 Å². The first-order valence-corrected chi connectivity index (χ1v) is 14.5. The van der Waals surface area contributed by atoms with Gasteiger partial charge in [0.1, 0.15) is 6.15 Å². The molecule has 198 valence electrons. The Hall–Kier alpha value is -3.10. The Kier molecular flexibility index (Phi) is 8.95. The molecule has 0 amide bonds. The Balaban J connectivity index is 0.000000219. The lowest BCUT2D eigenvalue weighted by Crippen LogP contribution is -2.74. The largest absolute Gasteiger partial charge is 0.322 e. The van der Waals surface area contributed by atoms with Gasteiger partial charge in [-0.05, 0) is 46.5 Å². The predicted molar refractivity (Wildman–Crippen MR) is 169 cm³/mol. The van der Waals surface area contributed by atoms with Crippen molar-refractivity contribution in [2.45, 2.75) is 64.5 Å². The molecule has 0 N–H and O–H groups in total.